The number of phenolic OH excluding ortho intramolecular Hbond substituents is 1. The van der Waals surface area contributed by atoms with Gasteiger partial charge in [0.1, 0.15) is 5.75 Å². The molecule has 2 aromatic carbocycles. The molecule has 0 aliphatic carbocycles. The molecule has 224 valence electrons. The molecule has 0 amide bonds. The molecule has 42 heavy (non-hydrogen) atoms. The number of piperazine rings is 2. The molecule has 2 saturated heterocycles. The molecule has 3 heterocycles. The van der Waals surface area contributed by atoms with Crippen LogP contribution in [0.2, 0.25) is 5.02 Å². The van der Waals surface area contributed by atoms with Crippen LogP contribution in [0.4, 0.5) is 16.2 Å². The van der Waals surface area contributed by atoms with Crippen LogP contribution in [-0.4, -0.2) is 120 Å². The molecule has 0 unspecified atom stereocenters. The number of hydrogen-bond donors (Lipinski definition) is 3. The van der Waals surface area contributed by atoms with Crippen LogP contribution in [0.5, 0.6) is 5.75 Å². The average Bonchev–Trinajstić information content (AvgIpc) is 3.00. The van der Waals surface area contributed by atoms with E-state index in [9.17, 15) is 14.3 Å². The molecule has 0 saturated carbocycles. The van der Waals surface area contributed by atoms with Gasteiger partial charge in [-0.1, -0.05) is 41.9 Å². The van der Waals surface area contributed by atoms with E-state index in [-0.39, 0.29) is 41.3 Å². The van der Waals surface area contributed by atoms with Crippen molar-refractivity contribution < 1.29 is 19.4 Å². The maximum Gasteiger partial charge on any atom is 0.225 e. The van der Waals surface area contributed by atoms with E-state index in [4.69, 9.17) is 16.7 Å². The Labute approximate surface area is 250 Å². The van der Waals surface area contributed by atoms with Gasteiger partial charge >= 0.3 is 0 Å². The Kier molecular flexibility index (Phi) is 9.86. The van der Waals surface area contributed by atoms with Crippen LogP contribution in [-0.2, 0) is 6.54 Å². The van der Waals surface area contributed by atoms with E-state index in [0.29, 0.717) is 38.3 Å². The molecule has 10 nitrogen and oxygen atoms in total. The van der Waals surface area contributed by atoms with Crippen LogP contribution in [0.25, 0.3) is 11.1 Å². The molecule has 0 atom stereocenters. The number of aromatic nitrogens is 2. The van der Waals surface area contributed by atoms with Crippen molar-refractivity contribution in [3.05, 3.63) is 64.6 Å². The lowest BCUT2D eigenvalue weighted by Crippen LogP contribution is -2.47. The lowest BCUT2D eigenvalue weighted by atomic mass is 10.00. The van der Waals surface area contributed by atoms with E-state index >= 15 is 0 Å². The highest BCUT2D eigenvalue weighted by Gasteiger charge is 2.22. The van der Waals surface area contributed by atoms with E-state index in [1.165, 1.54) is 5.56 Å². The number of Topliss-reactive ketones (excluding diaryl/α,β-unsaturated/α-hetero) is 1. The SMILES string of the molecule is CN1CCN(Cc2ccc(-c3ccc(C(=O)CNc4ncc(F)c(N5CCN(CCO)CC5)n4)c(O)c3Cl)cc2)CC1. The summed E-state index contributed by atoms with van der Waals surface area (Å²) in [4.78, 5) is 29.9. The Bertz CT molecular complexity index is 1380. The summed E-state index contributed by atoms with van der Waals surface area (Å²) < 4.78 is 14.5. The average molecular weight is 598 g/mol. The van der Waals surface area contributed by atoms with Crippen molar-refractivity contribution in [2.75, 3.05) is 89.3 Å². The number of phenols is 1. The normalized spacial score (nSPS) is 17.0. The van der Waals surface area contributed by atoms with Gasteiger partial charge in [-0.3, -0.25) is 14.6 Å². The van der Waals surface area contributed by atoms with Crippen molar-refractivity contribution in [2.24, 2.45) is 0 Å². The number of aliphatic hydroxyl groups excluding tert-OH is 1. The predicted molar refractivity (Wildman–Crippen MR) is 162 cm³/mol. The number of likely N-dealkylation sites (N-methyl/N-ethyl adjacent to an activating group) is 1. The van der Waals surface area contributed by atoms with Gasteiger partial charge in [-0.25, -0.2) is 9.37 Å². The fourth-order valence-electron chi connectivity index (χ4n) is 5.31. The van der Waals surface area contributed by atoms with Crippen molar-refractivity contribution in [3.8, 4) is 16.9 Å². The Morgan fingerprint density at radius 3 is 2.38 bits per heavy atom. The number of nitrogens with zero attached hydrogens (tertiary/aromatic N) is 6. The zero-order valence-electron chi connectivity index (χ0n) is 23.8. The molecule has 5 rings (SSSR count). The van der Waals surface area contributed by atoms with E-state index in [2.05, 4.69) is 49.2 Å². The lowest BCUT2D eigenvalue weighted by molar-refractivity contribution is 0.100. The van der Waals surface area contributed by atoms with E-state index in [1.807, 2.05) is 17.0 Å². The molecule has 2 aliphatic heterocycles. The number of aromatic hydroxyl groups is 1. The second-order valence-electron chi connectivity index (χ2n) is 10.8. The summed E-state index contributed by atoms with van der Waals surface area (Å²) in [5.74, 6) is -0.973. The second kappa shape index (κ2) is 13.7. The maximum atomic E-state index is 14.5. The fraction of sp³-hybridized carbons (Fsp3) is 0.433. The van der Waals surface area contributed by atoms with Crippen molar-refractivity contribution in [1.29, 1.82) is 0 Å². The van der Waals surface area contributed by atoms with Crippen LogP contribution >= 0.6 is 11.6 Å². The first-order valence-corrected chi connectivity index (χ1v) is 14.6. The molecule has 3 N–H and O–H groups in total. The van der Waals surface area contributed by atoms with Gasteiger partial charge in [-0.15, -0.1) is 0 Å². The number of benzene rings is 2. The van der Waals surface area contributed by atoms with Gasteiger partial charge in [-0.2, -0.15) is 4.98 Å². The first-order chi connectivity index (χ1) is 20.3. The van der Waals surface area contributed by atoms with Crippen molar-refractivity contribution in [3.63, 3.8) is 0 Å². The highest BCUT2D eigenvalue weighted by atomic mass is 35.5. The number of carbonyl (C=O) groups is 1. The van der Waals surface area contributed by atoms with Crippen LogP contribution < -0.4 is 10.2 Å². The van der Waals surface area contributed by atoms with Crippen LogP contribution in [0.3, 0.4) is 0 Å². The minimum atomic E-state index is -0.546. The molecular formula is C30H37ClFN7O3. The van der Waals surface area contributed by atoms with Crippen LogP contribution in [0.1, 0.15) is 15.9 Å². The summed E-state index contributed by atoms with van der Waals surface area (Å²) in [6, 6.07) is 11.4. The maximum absolute atomic E-state index is 14.5. The third-order valence-corrected chi connectivity index (χ3v) is 8.29. The highest BCUT2D eigenvalue weighted by molar-refractivity contribution is 6.35. The number of aliphatic hydroxyl groups is 1. The minimum Gasteiger partial charge on any atom is -0.506 e. The van der Waals surface area contributed by atoms with E-state index < -0.39 is 11.6 Å². The second-order valence-corrected chi connectivity index (χ2v) is 11.2. The largest absolute Gasteiger partial charge is 0.506 e. The quantitative estimate of drug-likeness (QED) is 0.302. The molecule has 0 spiro atoms. The molecule has 0 bridgehead atoms. The topological polar surface area (TPSA) is 108 Å². The zero-order valence-corrected chi connectivity index (χ0v) is 24.5. The van der Waals surface area contributed by atoms with E-state index in [0.717, 1.165) is 44.5 Å². The number of hydrogen-bond acceptors (Lipinski definition) is 10. The Hall–Kier alpha value is -3.35. The summed E-state index contributed by atoms with van der Waals surface area (Å²) in [6.07, 6.45) is 1.08. The number of β-amino-alcohol motifs (C(OH)–C–C–N with tert-alkyl or cyclic N) is 1. The summed E-state index contributed by atoms with van der Waals surface area (Å²) in [5.41, 5.74) is 2.76. The fourth-order valence-corrected chi connectivity index (χ4v) is 5.58. The van der Waals surface area contributed by atoms with Crippen molar-refractivity contribution in [2.45, 2.75) is 6.54 Å². The first-order valence-electron chi connectivity index (χ1n) is 14.2. The number of halogens is 2. The van der Waals surface area contributed by atoms with Crippen LogP contribution in [0.15, 0.2) is 42.6 Å². The van der Waals surface area contributed by atoms with Gasteiger partial charge < -0.3 is 25.3 Å². The summed E-state index contributed by atoms with van der Waals surface area (Å²) >= 11 is 6.53. The number of nitrogens with one attached hydrogen (secondary N) is 1. The zero-order chi connectivity index (χ0) is 29.6. The Balaban J connectivity index is 1.20. The first kappa shape index (κ1) is 30.1. The third kappa shape index (κ3) is 7.16. The summed E-state index contributed by atoms with van der Waals surface area (Å²) in [6.45, 7) is 8.03. The molecule has 1 aromatic heterocycles. The molecule has 2 fully saturated rings. The molecule has 2 aliphatic rings. The van der Waals surface area contributed by atoms with E-state index in [1.54, 1.807) is 12.1 Å². The van der Waals surface area contributed by atoms with Crippen LogP contribution in [0, 0.1) is 5.82 Å². The molecular weight excluding hydrogens is 561 g/mol. The highest BCUT2D eigenvalue weighted by Crippen LogP contribution is 2.37. The van der Waals surface area contributed by atoms with Crippen molar-refractivity contribution in [1.82, 2.24) is 24.7 Å². The summed E-state index contributed by atoms with van der Waals surface area (Å²) in [5, 5.41) is 22.9. The Morgan fingerprint density at radius 1 is 1.00 bits per heavy atom. The number of carbonyl (C=O) groups excluding carboxylic acids is 1. The molecule has 12 heteroatoms. The Morgan fingerprint density at radius 2 is 1.69 bits per heavy atom. The van der Waals surface area contributed by atoms with Gasteiger partial charge in [0.15, 0.2) is 17.4 Å². The predicted octanol–water partition coefficient (Wildman–Crippen LogP) is 2.80. The van der Waals surface area contributed by atoms with Crippen molar-refractivity contribution >= 4 is 29.2 Å². The van der Waals surface area contributed by atoms with Gasteiger partial charge in [0.2, 0.25) is 5.95 Å². The van der Waals surface area contributed by atoms with Gasteiger partial charge in [0.25, 0.3) is 0 Å². The third-order valence-electron chi connectivity index (χ3n) is 7.90. The van der Waals surface area contributed by atoms with Gasteiger partial charge in [-0.05, 0) is 24.2 Å². The molecule has 3 aromatic rings. The number of anilines is 2. The minimum absolute atomic E-state index is 0.0743. The smallest absolute Gasteiger partial charge is 0.225 e. The number of rotatable bonds is 10. The van der Waals surface area contributed by atoms with Gasteiger partial charge in [0, 0.05) is 71.0 Å². The monoisotopic (exact) mass is 597 g/mol. The number of ketones is 1. The van der Waals surface area contributed by atoms with Gasteiger partial charge in [0.05, 0.1) is 29.9 Å². The standard InChI is InChI=1S/C30H37ClFN7O3/c1-36-8-10-38(11-9-36)20-21-2-4-22(5-3-21)23-6-7-24(28(42)27(23)31)26(41)19-34-30-33-18-25(32)29(35-30)39-14-12-37(13-15-39)16-17-40/h2-7,18,40,42H,8-17,19-20H2,1H3,(H,33,34,35). The summed E-state index contributed by atoms with van der Waals surface area (Å²) in [7, 11) is 2.14. The molecule has 0 radical (unpaired) electrons. The lowest BCUT2D eigenvalue weighted by Gasteiger charge is -2.35.